The van der Waals surface area contributed by atoms with Crippen molar-refractivity contribution in [3.63, 3.8) is 0 Å². The molecule has 0 aliphatic rings. The van der Waals surface area contributed by atoms with Gasteiger partial charge in [0.25, 0.3) is 0 Å². The van der Waals surface area contributed by atoms with Gasteiger partial charge in [-0.3, -0.25) is 9.59 Å². The molecule has 0 saturated carbocycles. The highest BCUT2D eigenvalue weighted by Gasteiger charge is 2.15. The van der Waals surface area contributed by atoms with Crippen molar-refractivity contribution >= 4 is 29.2 Å². The molecule has 0 fully saturated rings. The third kappa shape index (κ3) is 38.3. The van der Waals surface area contributed by atoms with Crippen molar-refractivity contribution in [1.29, 1.82) is 0 Å². The smallest absolute Gasteiger partial charge is 0.306 e. The normalized spacial score (nSPS) is 13.0. The van der Waals surface area contributed by atoms with E-state index in [1.165, 1.54) is 77.0 Å². The Morgan fingerprint density at radius 1 is 0.585 bits per heavy atom. The summed E-state index contributed by atoms with van der Waals surface area (Å²) in [4.78, 5) is 26.4. The summed E-state index contributed by atoms with van der Waals surface area (Å²) in [6.45, 7) is 11.7. The Morgan fingerprint density at radius 2 is 1.04 bits per heavy atom. The first-order valence-corrected chi connectivity index (χ1v) is 22.5. The van der Waals surface area contributed by atoms with Crippen LogP contribution < -0.4 is 0 Å². The van der Waals surface area contributed by atoms with Gasteiger partial charge in [0, 0.05) is 25.8 Å². The number of unbranched alkanes of at least 4 members (excludes halogenated alkanes) is 16. The fourth-order valence-corrected chi connectivity index (χ4v) is 7.33. The first-order valence-electron chi connectivity index (χ1n) is 22.1. The highest BCUT2D eigenvalue weighted by Crippen LogP contribution is 2.22. The molecule has 0 aromatic carbocycles. The van der Waals surface area contributed by atoms with Crippen molar-refractivity contribution in [3.05, 3.63) is 24.3 Å². The van der Waals surface area contributed by atoms with E-state index in [4.69, 9.17) is 26.4 Å². The zero-order valence-corrected chi connectivity index (χ0v) is 36.5. The minimum absolute atomic E-state index is 0.0774. The van der Waals surface area contributed by atoms with E-state index in [1.54, 1.807) is 0 Å². The van der Waals surface area contributed by atoms with E-state index in [9.17, 15) is 9.59 Å². The average Bonchev–Trinajstić information content (AvgIpc) is 3.11. The number of hydrogen-bond acceptors (Lipinski definition) is 7. The topological polar surface area (TPSA) is 65.1 Å². The lowest BCUT2D eigenvalue weighted by Crippen LogP contribution is -2.22. The minimum Gasteiger partial charge on any atom is -0.487 e. The summed E-state index contributed by atoms with van der Waals surface area (Å²) in [7, 11) is 4.27. The quantitative estimate of drug-likeness (QED) is 0.0268. The molecule has 0 N–H and O–H groups in total. The highest BCUT2D eigenvalue weighted by atomic mass is 32.1. The van der Waals surface area contributed by atoms with E-state index >= 15 is 0 Å². The van der Waals surface area contributed by atoms with E-state index < -0.39 is 0 Å². The summed E-state index contributed by atoms with van der Waals surface area (Å²) in [5.74, 6) is 1.53. The second-order valence-corrected chi connectivity index (χ2v) is 16.5. The van der Waals surface area contributed by atoms with Crippen molar-refractivity contribution in [1.82, 2.24) is 4.90 Å². The van der Waals surface area contributed by atoms with Crippen LogP contribution in [0.1, 0.15) is 195 Å². The molecule has 2 atom stereocenters. The lowest BCUT2D eigenvalue weighted by molar-refractivity contribution is -0.143. The van der Waals surface area contributed by atoms with Crippen LogP contribution in [0.3, 0.4) is 0 Å². The highest BCUT2D eigenvalue weighted by molar-refractivity contribution is 7.80. The largest absolute Gasteiger partial charge is 0.487 e. The molecule has 53 heavy (non-hydrogen) atoms. The summed E-state index contributed by atoms with van der Waals surface area (Å²) >= 11 is 5.70. The SMILES string of the molecule is CCCCCC/C=C\COC(=O)CCCCCCCC(CCCCCCCC(=O)OC/C=C\CCCCCC)COC(=S)CC(C)CC(C)CN(C)C. The van der Waals surface area contributed by atoms with Crippen molar-refractivity contribution in [3.8, 4) is 0 Å². The maximum atomic E-state index is 12.1. The number of hydrogen-bond donors (Lipinski definition) is 0. The monoisotopic (exact) mass is 764 g/mol. The van der Waals surface area contributed by atoms with E-state index in [1.807, 2.05) is 12.2 Å². The van der Waals surface area contributed by atoms with Crippen molar-refractivity contribution in [2.24, 2.45) is 17.8 Å². The molecule has 0 heterocycles. The molecule has 0 aliphatic heterocycles. The molecule has 0 spiro atoms. The van der Waals surface area contributed by atoms with Crippen LogP contribution in [0.15, 0.2) is 24.3 Å². The maximum absolute atomic E-state index is 12.1. The van der Waals surface area contributed by atoms with Gasteiger partial charge in [-0.05, 0) is 102 Å². The molecule has 6 nitrogen and oxygen atoms in total. The van der Waals surface area contributed by atoms with Gasteiger partial charge in [0.15, 0.2) is 5.05 Å². The Bertz CT molecular complexity index is 868. The van der Waals surface area contributed by atoms with Crippen molar-refractivity contribution in [2.45, 2.75) is 195 Å². The van der Waals surface area contributed by atoms with E-state index in [-0.39, 0.29) is 11.9 Å². The van der Waals surface area contributed by atoms with Crippen LogP contribution >= 0.6 is 12.2 Å². The molecule has 0 amide bonds. The zero-order valence-electron chi connectivity index (χ0n) is 35.7. The van der Waals surface area contributed by atoms with Gasteiger partial charge in [0.05, 0.1) is 6.61 Å². The van der Waals surface area contributed by atoms with E-state index in [0.29, 0.717) is 43.8 Å². The first kappa shape index (κ1) is 51.3. The molecule has 310 valence electrons. The Hall–Kier alpha value is -1.73. The van der Waals surface area contributed by atoms with Crippen LogP contribution in [-0.2, 0) is 23.8 Å². The molecule has 0 aromatic rings. The predicted molar refractivity (Wildman–Crippen MR) is 231 cm³/mol. The van der Waals surface area contributed by atoms with Gasteiger partial charge < -0.3 is 19.1 Å². The van der Waals surface area contributed by atoms with Crippen molar-refractivity contribution in [2.75, 3.05) is 40.5 Å². The molecular formula is C46H85NO5S. The van der Waals surface area contributed by atoms with Crippen LogP contribution in [0.25, 0.3) is 0 Å². The second kappa shape index (κ2) is 38.5. The number of carbonyl (C=O) groups is 2. The molecule has 0 rings (SSSR count). The third-order valence-corrected chi connectivity index (χ3v) is 10.2. The summed E-state index contributed by atoms with van der Waals surface area (Å²) in [6, 6.07) is 0. The number of thiocarbonyl (C=S) groups is 1. The lowest BCUT2D eigenvalue weighted by atomic mass is 9.94. The van der Waals surface area contributed by atoms with Gasteiger partial charge >= 0.3 is 11.9 Å². The third-order valence-electron chi connectivity index (χ3n) is 9.93. The lowest BCUT2D eigenvalue weighted by Gasteiger charge is -2.22. The summed E-state index contributed by atoms with van der Waals surface area (Å²) in [5, 5.41) is 0.767. The van der Waals surface area contributed by atoms with Gasteiger partial charge in [0.1, 0.15) is 13.2 Å². The van der Waals surface area contributed by atoms with Gasteiger partial charge in [-0.25, -0.2) is 0 Å². The number of allylic oxidation sites excluding steroid dienone is 2. The van der Waals surface area contributed by atoms with Gasteiger partial charge in [-0.15, -0.1) is 0 Å². The van der Waals surface area contributed by atoms with Crippen LogP contribution in [0, 0.1) is 17.8 Å². The Balaban J connectivity index is 4.38. The summed E-state index contributed by atoms with van der Waals surface area (Å²) in [5.41, 5.74) is 0. The maximum Gasteiger partial charge on any atom is 0.306 e. The van der Waals surface area contributed by atoms with Gasteiger partial charge in [0.2, 0.25) is 0 Å². The molecular weight excluding hydrogens is 679 g/mol. The summed E-state index contributed by atoms with van der Waals surface area (Å²) < 4.78 is 17.0. The second-order valence-electron chi connectivity index (χ2n) is 16.1. The molecule has 0 aromatic heterocycles. The predicted octanol–water partition coefficient (Wildman–Crippen LogP) is 13.2. The van der Waals surface area contributed by atoms with Crippen LogP contribution in [0.5, 0.6) is 0 Å². The minimum atomic E-state index is -0.0774. The molecule has 0 saturated heterocycles. The van der Waals surface area contributed by atoms with Crippen LogP contribution in [0.4, 0.5) is 0 Å². The number of rotatable bonds is 38. The van der Waals surface area contributed by atoms with Gasteiger partial charge in [-0.2, -0.15) is 0 Å². The first-order chi connectivity index (χ1) is 25.7. The number of nitrogens with zero attached hydrogens (tertiary/aromatic N) is 1. The number of carbonyl (C=O) groups excluding carboxylic acids is 2. The standard InChI is InChI=1S/C46H85NO5S/c1-7-9-11-13-15-23-29-35-50-44(48)33-27-21-17-19-25-31-43(40-52-46(53)38-41(3)37-42(4)39-47(5)6)32-26-20-18-22-28-34-45(49)51-36-30-24-16-14-12-10-8-2/h23-24,29-30,41-43H,7-22,25-28,31-40H2,1-6H3/b29-23-,30-24-. The van der Waals surface area contributed by atoms with E-state index in [2.05, 4.69) is 58.8 Å². The molecule has 2 unspecified atom stereocenters. The zero-order chi connectivity index (χ0) is 39.2. The molecule has 0 radical (unpaired) electrons. The average molecular weight is 764 g/mol. The molecule has 0 bridgehead atoms. The fourth-order valence-electron chi connectivity index (χ4n) is 6.97. The molecule has 7 heteroatoms. The summed E-state index contributed by atoms with van der Waals surface area (Å²) in [6.07, 6.45) is 36.8. The number of ether oxygens (including phenoxy) is 3. The Kier molecular flexibility index (Phi) is 37.3. The molecule has 0 aliphatic carbocycles. The number of esters is 2. The van der Waals surface area contributed by atoms with E-state index in [0.717, 1.165) is 95.3 Å². The van der Waals surface area contributed by atoms with Crippen LogP contribution in [0.2, 0.25) is 0 Å². The fraction of sp³-hybridized carbons (Fsp3) is 0.848. The van der Waals surface area contributed by atoms with Crippen molar-refractivity contribution < 1.29 is 23.8 Å². The Morgan fingerprint density at radius 3 is 1.51 bits per heavy atom. The van der Waals surface area contributed by atoms with Gasteiger partial charge in [-0.1, -0.05) is 142 Å². The van der Waals surface area contributed by atoms with Crippen LogP contribution in [-0.4, -0.2) is 62.3 Å². The Labute approximate surface area is 334 Å².